The van der Waals surface area contributed by atoms with Gasteiger partial charge in [-0.05, 0) is 58.2 Å². The molecule has 0 aliphatic heterocycles. The van der Waals surface area contributed by atoms with Crippen LogP contribution in [0.3, 0.4) is 0 Å². The summed E-state index contributed by atoms with van der Waals surface area (Å²) in [5.74, 6) is -0.640. The summed E-state index contributed by atoms with van der Waals surface area (Å²) in [6, 6.07) is 11.8. The van der Waals surface area contributed by atoms with Gasteiger partial charge in [-0.2, -0.15) is 0 Å². The third kappa shape index (κ3) is 3.41. The number of anilines is 1. The Bertz CT molecular complexity index is 613. The van der Waals surface area contributed by atoms with Crippen molar-refractivity contribution in [1.82, 2.24) is 0 Å². The van der Waals surface area contributed by atoms with Gasteiger partial charge in [-0.3, -0.25) is 4.79 Å². The largest absolute Gasteiger partial charge is 0.322 e. The fourth-order valence-electron chi connectivity index (χ4n) is 1.71. The van der Waals surface area contributed by atoms with Crippen LogP contribution in [0.2, 0.25) is 0 Å². The molecule has 0 atom stereocenters. The minimum Gasteiger partial charge on any atom is -0.322 e. The summed E-state index contributed by atoms with van der Waals surface area (Å²) in [6.45, 7) is 2.05. The lowest BCUT2D eigenvalue weighted by molar-refractivity contribution is 0.102. The van der Waals surface area contributed by atoms with Gasteiger partial charge >= 0.3 is 0 Å². The summed E-state index contributed by atoms with van der Waals surface area (Å²) in [7, 11) is 0. The number of carbonyl (C=O) groups is 1. The molecule has 2 aromatic rings. The molecular formula is C15H13BrFNO. The van der Waals surface area contributed by atoms with E-state index in [0.717, 1.165) is 17.7 Å². The van der Waals surface area contributed by atoms with Crippen molar-refractivity contribution in [1.29, 1.82) is 0 Å². The first-order valence-electron chi connectivity index (χ1n) is 5.95. The monoisotopic (exact) mass is 321 g/mol. The van der Waals surface area contributed by atoms with Gasteiger partial charge in [-0.25, -0.2) is 4.39 Å². The maximum atomic E-state index is 13.1. The van der Waals surface area contributed by atoms with E-state index in [2.05, 4.69) is 28.2 Å². The molecule has 0 heterocycles. The molecule has 0 fully saturated rings. The number of carbonyl (C=O) groups excluding carboxylic acids is 1. The van der Waals surface area contributed by atoms with Gasteiger partial charge in [0.25, 0.3) is 5.91 Å². The Morgan fingerprint density at radius 1 is 1.26 bits per heavy atom. The predicted molar refractivity (Wildman–Crippen MR) is 77.9 cm³/mol. The van der Waals surface area contributed by atoms with Gasteiger partial charge in [-0.1, -0.05) is 19.1 Å². The van der Waals surface area contributed by atoms with Crippen LogP contribution in [0.1, 0.15) is 22.8 Å². The van der Waals surface area contributed by atoms with Gasteiger partial charge in [0.2, 0.25) is 0 Å². The minimum absolute atomic E-state index is 0.256. The van der Waals surface area contributed by atoms with E-state index in [-0.39, 0.29) is 16.2 Å². The van der Waals surface area contributed by atoms with Gasteiger partial charge < -0.3 is 5.32 Å². The number of rotatable bonds is 3. The number of halogens is 2. The first kappa shape index (κ1) is 13.7. The summed E-state index contributed by atoms with van der Waals surface area (Å²) in [5, 5.41) is 2.80. The molecule has 0 unspecified atom stereocenters. The predicted octanol–water partition coefficient (Wildman–Crippen LogP) is 4.40. The van der Waals surface area contributed by atoms with Crippen LogP contribution in [0.25, 0.3) is 0 Å². The molecule has 0 radical (unpaired) electrons. The molecule has 2 aromatic carbocycles. The van der Waals surface area contributed by atoms with E-state index in [1.165, 1.54) is 18.2 Å². The second-order valence-corrected chi connectivity index (χ2v) is 4.99. The smallest absolute Gasteiger partial charge is 0.255 e. The number of amides is 1. The molecule has 0 aromatic heterocycles. The molecule has 2 nitrogen and oxygen atoms in total. The van der Waals surface area contributed by atoms with Crippen LogP contribution in [-0.4, -0.2) is 5.91 Å². The highest BCUT2D eigenvalue weighted by atomic mass is 79.9. The molecule has 4 heteroatoms. The van der Waals surface area contributed by atoms with Crippen LogP contribution in [0.5, 0.6) is 0 Å². The summed E-state index contributed by atoms with van der Waals surface area (Å²) < 4.78 is 13.4. The van der Waals surface area contributed by atoms with Crippen LogP contribution in [0.4, 0.5) is 10.1 Å². The average Bonchev–Trinajstić information content (AvgIpc) is 2.42. The Morgan fingerprint density at radius 3 is 2.74 bits per heavy atom. The zero-order valence-electron chi connectivity index (χ0n) is 10.4. The number of hydrogen-bond acceptors (Lipinski definition) is 1. The van der Waals surface area contributed by atoms with E-state index in [9.17, 15) is 9.18 Å². The first-order valence-corrected chi connectivity index (χ1v) is 6.75. The highest BCUT2D eigenvalue weighted by Crippen LogP contribution is 2.18. The van der Waals surface area contributed by atoms with Crippen LogP contribution in [-0.2, 0) is 6.42 Å². The van der Waals surface area contributed by atoms with Crippen molar-refractivity contribution < 1.29 is 9.18 Å². The number of aryl methyl sites for hydroxylation is 1. The lowest BCUT2D eigenvalue weighted by Crippen LogP contribution is -2.12. The molecule has 0 aliphatic rings. The van der Waals surface area contributed by atoms with Gasteiger partial charge in [-0.15, -0.1) is 0 Å². The third-order valence-corrected chi connectivity index (χ3v) is 3.38. The Kier molecular flexibility index (Phi) is 4.32. The van der Waals surface area contributed by atoms with E-state index in [1.807, 2.05) is 24.3 Å². The lowest BCUT2D eigenvalue weighted by Gasteiger charge is -2.07. The topological polar surface area (TPSA) is 29.1 Å². The van der Waals surface area contributed by atoms with Crippen molar-refractivity contribution in [3.63, 3.8) is 0 Å². The quantitative estimate of drug-likeness (QED) is 0.891. The van der Waals surface area contributed by atoms with E-state index in [0.29, 0.717) is 5.56 Å². The number of hydrogen-bond donors (Lipinski definition) is 1. The second-order valence-electron chi connectivity index (χ2n) is 4.14. The third-order valence-electron chi connectivity index (χ3n) is 2.77. The Labute approximate surface area is 119 Å². The van der Waals surface area contributed by atoms with Crippen molar-refractivity contribution in [2.75, 3.05) is 5.32 Å². The summed E-state index contributed by atoms with van der Waals surface area (Å²) in [5.41, 5.74) is 2.30. The van der Waals surface area contributed by atoms with Crippen LogP contribution in [0.15, 0.2) is 46.9 Å². The molecule has 0 aliphatic carbocycles. The van der Waals surface area contributed by atoms with Crippen molar-refractivity contribution >= 4 is 27.5 Å². The summed E-state index contributed by atoms with van der Waals surface area (Å²) >= 11 is 3.07. The highest BCUT2D eigenvalue weighted by Gasteiger charge is 2.08. The zero-order valence-corrected chi connectivity index (χ0v) is 12.0. The van der Waals surface area contributed by atoms with Gasteiger partial charge in [0.1, 0.15) is 5.82 Å². The molecule has 2 rings (SSSR count). The highest BCUT2D eigenvalue weighted by molar-refractivity contribution is 9.10. The van der Waals surface area contributed by atoms with Crippen molar-refractivity contribution in [2.45, 2.75) is 13.3 Å². The fourth-order valence-corrected chi connectivity index (χ4v) is 2.09. The first-order chi connectivity index (χ1) is 9.10. The number of benzene rings is 2. The maximum absolute atomic E-state index is 13.1. The molecule has 0 bridgehead atoms. The zero-order chi connectivity index (χ0) is 13.8. The van der Waals surface area contributed by atoms with E-state index in [4.69, 9.17) is 0 Å². The Hall–Kier alpha value is -1.68. The van der Waals surface area contributed by atoms with Crippen LogP contribution < -0.4 is 5.32 Å². The normalized spacial score (nSPS) is 10.3. The summed E-state index contributed by atoms with van der Waals surface area (Å²) in [4.78, 5) is 12.0. The van der Waals surface area contributed by atoms with E-state index < -0.39 is 0 Å². The number of nitrogens with one attached hydrogen (secondary N) is 1. The van der Waals surface area contributed by atoms with Crippen LogP contribution >= 0.6 is 15.9 Å². The minimum atomic E-state index is -0.385. The molecule has 0 saturated heterocycles. The van der Waals surface area contributed by atoms with Gasteiger partial charge in [0, 0.05) is 11.3 Å². The molecule has 19 heavy (non-hydrogen) atoms. The Morgan fingerprint density at radius 2 is 2.05 bits per heavy atom. The van der Waals surface area contributed by atoms with Gasteiger partial charge in [0.05, 0.1) is 4.47 Å². The Balaban J connectivity index is 2.18. The van der Waals surface area contributed by atoms with Crippen molar-refractivity contribution in [3.05, 3.63) is 63.9 Å². The van der Waals surface area contributed by atoms with Crippen LogP contribution in [0, 0.1) is 5.82 Å². The van der Waals surface area contributed by atoms with Gasteiger partial charge in [0.15, 0.2) is 0 Å². The molecule has 1 N–H and O–H groups in total. The molecule has 98 valence electrons. The SMILES string of the molecule is CCc1cccc(NC(=O)c2ccc(F)c(Br)c2)c1. The average molecular weight is 322 g/mol. The maximum Gasteiger partial charge on any atom is 0.255 e. The fraction of sp³-hybridized carbons (Fsp3) is 0.133. The molecular weight excluding hydrogens is 309 g/mol. The summed E-state index contributed by atoms with van der Waals surface area (Å²) in [6.07, 6.45) is 0.909. The second kappa shape index (κ2) is 5.97. The molecule has 0 spiro atoms. The van der Waals surface area contributed by atoms with E-state index >= 15 is 0 Å². The lowest BCUT2D eigenvalue weighted by atomic mass is 10.1. The van der Waals surface area contributed by atoms with E-state index in [1.54, 1.807) is 0 Å². The molecule has 1 amide bonds. The van der Waals surface area contributed by atoms with Crippen molar-refractivity contribution in [2.24, 2.45) is 0 Å². The molecule has 0 saturated carbocycles. The van der Waals surface area contributed by atoms with Crippen molar-refractivity contribution in [3.8, 4) is 0 Å². The standard InChI is InChI=1S/C15H13BrFNO/c1-2-10-4-3-5-12(8-10)18-15(19)11-6-7-14(17)13(16)9-11/h3-9H,2H2,1H3,(H,18,19).